The Bertz CT molecular complexity index is 866. The molecule has 0 bridgehead atoms. The van der Waals surface area contributed by atoms with Crippen LogP contribution in [0.15, 0.2) is 48.5 Å². The van der Waals surface area contributed by atoms with Crippen LogP contribution in [-0.2, 0) is 14.3 Å². The molecule has 152 valence electrons. The Kier molecular flexibility index (Phi) is 6.49. The number of alkyl carbamates (subject to hydrolysis) is 1. The van der Waals surface area contributed by atoms with Gasteiger partial charge in [0.2, 0.25) is 5.91 Å². The zero-order chi connectivity index (χ0) is 20.8. The third kappa shape index (κ3) is 4.93. The Morgan fingerprint density at radius 2 is 1.62 bits per heavy atom. The minimum atomic E-state index is -0.913. The molecular weight excluding hydrogens is 372 g/mol. The number of ether oxygens (including phenoxy) is 1. The summed E-state index contributed by atoms with van der Waals surface area (Å²) in [5, 5.41) is 13.7. The first-order valence-corrected chi connectivity index (χ1v) is 9.58. The van der Waals surface area contributed by atoms with E-state index in [4.69, 9.17) is 9.84 Å². The smallest absolute Gasteiger partial charge is 0.407 e. The SMILES string of the molecule is CC(NC(=O)OCC1c2ccccc2-c2ccccc21)C(=O)NCCCC(=O)O. The van der Waals surface area contributed by atoms with Crippen LogP contribution < -0.4 is 10.6 Å². The van der Waals surface area contributed by atoms with Crippen LogP contribution in [0.25, 0.3) is 11.1 Å². The van der Waals surface area contributed by atoms with Crippen molar-refractivity contribution in [2.75, 3.05) is 13.2 Å². The molecule has 0 radical (unpaired) electrons. The van der Waals surface area contributed by atoms with Crippen molar-refractivity contribution in [1.82, 2.24) is 10.6 Å². The largest absolute Gasteiger partial charge is 0.481 e. The third-order valence-corrected chi connectivity index (χ3v) is 4.94. The third-order valence-electron chi connectivity index (χ3n) is 4.94. The molecule has 1 atom stereocenters. The van der Waals surface area contributed by atoms with Gasteiger partial charge in [0.05, 0.1) is 0 Å². The summed E-state index contributed by atoms with van der Waals surface area (Å²) < 4.78 is 5.41. The van der Waals surface area contributed by atoms with Crippen LogP contribution >= 0.6 is 0 Å². The lowest BCUT2D eigenvalue weighted by molar-refractivity contribution is -0.137. The van der Waals surface area contributed by atoms with Gasteiger partial charge in [0.25, 0.3) is 0 Å². The monoisotopic (exact) mass is 396 g/mol. The van der Waals surface area contributed by atoms with E-state index >= 15 is 0 Å². The van der Waals surface area contributed by atoms with Crippen LogP contribution in [0.5, 0.6) is 0 Å². The number of benzene rings is 2. The lowest BCUT2D eigenvalue weighted by atomic mass is 9.98. The van der Waals surface area contributed by atoms with E-state index in [0.717, 1.165) is 22.3 Å². The fraction of sp³-hybridized carbons (Fsp3) is 0.318. The Labute approximate surface area is 169 Å². The Morgan fingerprint density at radius 3 is 2.21 bits per heavy atom. The summed E-state index contributed by atoms with van der Waals surface area (Å²) in [5.74, 6) is -1.35. The van der Waals surface area contributed by atoms with E-state index in [0.29, 0.717) is 6.42 Å². The van der Waals surface area contributed by atoms with Gasteiger partial charge in [-0.15, -0.1) is 0 Å². The molecule has 2 aromatic carbocycles. The van der Waals surface area contributed by atoms with Crippen molar-refractivity contribution in [2.45, 2.75) is 31.7 Å². The van der Waals surface area contributed by atoms with Gasteiger partial charge in [-0.1, -0.05) is 48.5 Å². The first kappa shape index (κ1) is 20.4. The number of fused-ring (bicyclic) bond motifs is 3. The van der Waals surface area contributed by atoms with E-state index in [1.165, 1.54) is 0 Å². The average molecular weight is 396 g/mol. The molecular formula is C22H24N2O5. The zero-order valence-corrected chi connectivity index (χ0v) is 16.2. The Hall–Kier alpha value is -3.35. The van der Waals surface area contributed by atoms with Crippen molar-refractivity contribution in [3.05, 3.63) is 59.7 Å². The highest BCUT2D eigenvalue weighted by Crippen LogP contribution is 2.44. The van der Waals surface area contributed by atoms with Crippen LogP contribution in [0.3, 0.4) is 0 Å². The number of amides is 2. The van der Waals surface area contributed by atoms with Gasteiger partial charge >= 0.3 is 12.1 Å². The predicted molar refractivity (Wildman–Crippen MR) is 108 cm³/mol. The highest BCUT2D eigenvalue weighted by molar-refractivity contribution is 5.85. The summed E-state index contributed by atoms with van der Waals surface area (Å²) in [6.45, 7) is 1.96. The van der Waals surface area contributed by atoms with Crippen molar-refractivity contribution >= 4 is 18.0 Å². The number of hydrogen-bond donors (Lipinski definition) is 3. The number of carboxylic acid groups (broad SMARTS) is 1. The van der Waals surface area contributed by atoms with Crippen LogP contribution in [0.2, 0.25) is 0 Å². The summed E-state index contributed by atoms with van der Waals surface area (Å²) in [5.41, 5.74) is 4.52. The maximum absolute atomic E-state index is 12.2. The molecule has 2 aromatic rings. The Morgan fingerprint density at radius 1 is 1.03 bits per heavy atom. The van der Waals surface area contributed by atoms with Gasteiger partial charge in [-0.05, 0) is 35.6 Å². The maximum Gasteiger partial charge on any atom is 0.407 e. The molecule has 0 heterocycles. The molecule has 1 aliphatic carbocycles. The van der Waals surface area contributed by atoms with Gasteiger partial charge in [0.15, 0.2) is 0 Å². The second-order valence-electron chi connectivity index (χ2n) is 6.98. The second kappa shape index (κ2) is 9.23. The van der Waals surface area contributed by atoms with Crippen molar-refractivity contribution in [2.24, 2.45) is 0 Å². The fourth-order valence-corrected chi connectivity index (χ4v) is 3.49. The Balaban J connectivity index is 1.52. The maximum atomic E-state index is 12.2. The van der Waals surface area contributed by atoms with Crippen molar-refractivity contribution in [3.63, 3.8) is 0 Å². The molecule has 29 heavy (non-hydrogen) atoms. The summed E-state index contributed by atoms with van der Waals surface area (Å²) in [6, 6.07) is 15.3. The molecule has 7 nitrogen and oxygen atoms in total. The summed E-state index contributed by atoms with van der Waals surface area (Å²) in [7, 11) is 0. The number of hydrogen-bond acceptors (Lipinski definition) is 4. The molecule has 0 saturated carbocycles. The van der Waals surface area contributed by atoms with Gasteiger partial charge < -0.3 is 20.5 Å². The number of rotatable bonds is 8. The molecule has 3 N–H and O–H groups in total. The topological polar surface area (TPSA) is 105 Å². The minimum absolute atomic E-state index is 0.0194. The standard InChI is InChI=1S/C22H24N2O5/c1-14(21(27)23-12-6-11-20(25)26)24-22(28)29-13-19-17-9-4-2-7-15(17)16-8-3-5-10-18(16)19/h2-5,7-10,14,19H,6,11-13H2,1H3,(H,23,27)(H,24,28)(H,25,26). The van der Waals surface area contributed by atoms with Crippen LogP contribution in [0, 0.1) is 0 Å². The highest BCUT2D eigenvalue weighted by atomic mass is 16.5. The van der Waals surface area contributed by atoms with Crippen molar-refractivity contribution in [3.8, 4) is 11.1 Å². The van der Waals surface area contributed by atoms with Crippen molar-refractivity contribution in [1.29, 1.82) is 0 Å². The normalized spacial score (nSPS) is 13.1. The zero-order valence-electron chi connectivity index (χ0n) is 16.2. The number of carboxylic acids is 1. The molecule has 0 saturated heterocycles. The quantitative estimate of drug-likeness (QED) is 0.595. The number of carbonyl (C=O) groups is 3. The van der Waals surface area contributed by atoms with E-state index in [1.807, 2.05) is 36.4 Å². The molecule has 0 aliphatic heterocycles. The average Bonchev–Trinajstić information content (AvgIpc) is 3.03. The van der Waals surface area contributed by atoms with Gasteiger partial charge in [0, 0.05) is 18.9 Å². The van der Waals surface area contributed by atoms with E-state index in [-0.39, 0.29) is 31.4 Å². The molecule has 3 rings (SSSR count). The first-order chi connectivity index (χ1) is 14.0. The van der Waals surface area contributed by atoms with Crippen LogP contribution in [0.4, 0.5) is 4.79 Å². The first-order valence-electron chi connectivity index (χ1n) is 9.58. The molecule has 1 aliphatic rings. The highest BCUT2D eigenvalue weighted by Gasteiger charge is 2.29. The van der Waals surface area contributed by atoms with E-state index in [9.17, 15) is 14.4 Å². The molecule has 0 spiro atoms. The second-order valence-corrected chi connectivity index (χ2v) is 6.98. The van der Waals surface area contributed by atoms with Gasteiger partial charge in [-0.25, -0.2) is 4.79 Å². The molecule has 1 unspecified atom stereocenters. The lowest BCUT2D eigenvalue weighted by Crippen LogP contribution is -2.45. The van der Waals surface area contributed by atoms with E-state index in [1.54, 1.807) is 6.92 Å². The number of carbonyl (C=O) groups excluding carboxylic acids is 2. The molecule has 2 amide bonds. The summed E-state index contributed by atoms with van der Waals surface area (Å²) in [4.78, 5) is 34.6. The summed E-state index contributed by atoms with van der Waals surface area (Å²) >= 11 is 0. The predicted octanol–water partition coefficient (Wildman–Crippen LogP) is 2.89. The minimum Gasteiger partial charge on any atom is -0.481 e. The molecule has 0 aromatic heterocycles. The van der Waals surface area contributed by atoms with Crippen LogP contribution in [-0.4, -0.2) is 42.3 Å². The molecule has 7 heteroatoms. The van der Waals surface area contributed by atoms with Gasteiger partial charge in [-0.2, -0.15) is 0 Å². The number of aliphatic carboxylic acids is 1. The van der Waals surface area contributed by atoms with Gasteiger partial charge in [0.1, 0.15) is 12.6 Å². The van der Waals surface area contributed by atoms with Crippen molar-refractivity contribution < 1.29 is 24.2 Å². The number of nitrogens with one attached hydrogen (secondary N) is 2. The molecule has 0 fully saturated rings. The van der Waals surface area contributed by atoms with E-state index in [2.05, 4.69) is 22.8 Å². The van der Waals surface area contributed by atoms with Crippen LogP contribution in [0.1, 0.15) is 36.8 Å². The van der Waals surface area contributed by atoms with Gasteiger partial charge in [-0.3, -0.25) is 9.59 Å². The fourth-order valence-electron chi connectivity index (χ4n) is 3.49. The summed E-state index contributed by atoms with van der Waals surface area (Å²) in [6.07, 6.45) is -0.354. The van der Waals surface area contributed by atoms with E-state index < -0.39 is 18.1 Å². The lowest BCUT2D eigenvalue weighted by Gasteiger charge is -2.17.